The van der Waals surface area contributed by atoms with E-state index in [1.807, 2.05) is 59.8 Å². The minimum Gasteiger partial charge on any atom is -0.383 e. The molecule has 0 aliphatic carbocycles. The lowest BCUT2D eigenvalue weighted by atomic mass is 9.79. The normalized spacial score (nSPS) is 25.5. The number of carbonyl (C=O) groups is 1. The summed E-state index contributed by atoms with van der Waals surface area (Å²) in [5.41, 5.74) is 2.13. The Morgan fingerprint density at radius 2 is 1.90 bits per heavy atom. The van der Waals surface area contributed by atoms with Gasteiger partial charge in [-0.25, -0.2) is 0 Å². The Kier molecular flexibility index (Phi) is 5.74. The second-order valence-electron chi connectivity index (χ2n) is 8.54. The lowest BCUT2D eigenvalue weighted by Gasteiger charge is -2.48. The third-order valence-electron chi connectivity index (χ3n) is 6.56. The van der Waals surface area contributed by atoms with Crippen molar-refractivity contribution in [3.8, 4) is 0 Å². The number of benzene rings is 1. The summed E-state index contributed by atoms with van der Waals surface area (Å²) in [6, 6.07) is 12.0. The summed E-state index contributed by atoms with van der Waals surface area (Å²) in [5.74, 6) is 0.150. The standard InChI is InChI=1S/C23H32N4O2/c1-18-16-19(2)27(24-18)14-10-22(28)26-15-11-23(29,20-8-4-3-5-9-20)21(17-26)25-12-6-7-13-25/h3-5,8-9,16,21,29H,6-7,10-15,17H2,1-2H3/t21-,23+/m1/s1. The molecule has 6 heteroatoms. The molecule has 0 bridgehead atoms. The van der Waals surface area contributed by atoms with Crippen molar-refractivity contribution < 1.29 is 9.90 Å². The Balaban J connectivity index is 1.48. The molecular weight excluding hydrogens is 364 g/mol. The maximum atomic E-state index is 13.0. The molecule has 1 aromatic carbocycles. The highest BCUT2D eigenvalue weighted by Gasteiger charge is 2.47. The molecule has 0 saturated carbocycles. The number of rotatable bonds is 5. The Hall–Kier alpha value is -2.18. The van der Waals surface area contributed by atoms with Gasteiger partial charge in [0.2, 0.25) is 5.91 Å². The van der Waals surface area contributed by atoms with Gasteiger partial charge in [-0.3, -0.25) is 14.4 Å². The summed E-state index contributed by atoms with van der Waals surface area (Å²) < 4.78 is 1.91. The first-order valence-electron chi connectivity index (χ1n) is 10.8. The molecule has 1 amide bonds. The fourth-order valence-electron chi connectivity index (χ4n) is 4.94. The van der Waals surface area contributed by atoms with Crippen molar-refractivity contribution in [1.29, 1.82) is 0 Å². The van der Waals surface area contributed by atoms with Crippen molar-refractivity contribution in [2.24, 2.45) is 0 Å². The van der Waals surface area contributed by atoms with E-state index in [4.69, 9.17) is 0 Å². The third kappa shape index (κ3) is 4.09. The van der Waals surface area contributed by atoms with Gasteiger partial charge in [-0.05, 0) is 57.8 Å². The zero-order valence-corrected chi connectivity index (χ0v) is 17.5. The monoisotopic (exact) mass is 396 g/mol. The number of aryl methyl sites for hydroxylation is 3. The number of likely N-dealkylation sites (tertiary alicyclic amines) is 2. The van der Waals surface area contributed by atoms with Crippen LogP contribution in [0.3, 0.4) is 0 Å². The highest BCUT2D eigenvalue weighted by molar-refractivity contribution is 5.76. The van der Waals surface area contributed by atoms with Crippen LogP contribution in [0.4, 0.5) is 0 Å². The molecule has 2 saturated heterocycles. The van der Waals surface area contributed by atoms with Crippen molar-refractivity contribution in [1.82, 2.24) is 19.6 Å². The molecule has 2 fully saturated rings. The largest absolute Gasteiger partial charge is 0.383 e. The van der Waals surface area contributed by atoms with Gasteiger partial charge in [-0.15, -0.1) is 0 Å². The maximum Gasteiger partial charge on any atom is 0.224 e. The van der Waals surface area contributed by atoms with E-state index in [0.717, 1.165) is 42.9 Å². The van der Waals surface area contributed by atoms with Gasteiger partial charge in [0.1, 0.15) is 5.60 Å². The van der Waals surface area contributed by atoms with Crippen molar-refractivity contribution in [3.05, 3.63) is 53.3 Å². The zero-order valence-electron chi connectivity index (χ0n) is 17.5. The minimum absolute atomic E-state index is 0.0567. The van der Waals surface area contributed by atoms with Crippen molar-refractivity contribution in [2.45, 2.75) is 57.7 Å². The number of aliphatic hydroxyl groups is 1. The van der Waals surface area contributed by atoms with Crippen molar-refractivity contribution >= 4 is 5.91 Å². The predicted molar refractivity (Wildman–Crippen MR) is 112 cm³/mol. The highest BCUT2D eigenvalue weighted by Crippen LogP contribution is 2.37. The van der Waals surface area contributed by atoms with Gasteiger partial charge in [0.25, 0.3) is 0 Å². The minimum atomic E-state index is -0.905. The van der Waals surface area contributed by atoms with Gasteiger partial charge in [-0.1, -0.05) is 30.3 Å². The summed E-state index contributed by atoms with van der Waals surface area (Å²) in [4.78, 5) is 17.3. The molecule has 6 nitrogen and oxygen atoms in total. The summed E-state index contributed by atoms with van der Waals surface area (Å²) in [5, 5.41) is 16.2. The van der Waals surface area contributed by atoms with E-state index < -0.39 is 5.60 Å². The predicted octanol–water partition coefficient (Wildman–Crippen LogP) is 2.47. The summed E-state index contributed by atoms with van der Waals surface area (Å²) in [7, 11) is 0. The average Bonchev–Trinajstić information content (AvgIpc) is 3.36. The van der Waals surface area contributed by atoms with E-state index in [-0.39, 0.29) is 11.9 Å². The van der Waals surface area contributed by atoms with E-state index in [1.54, 1.807) is 0 Å². The van der Waals surface area contributed by atoms with Crippen LogP contribution in [-0.2, 0) is 16.9 Å². The molecule has 29 heavy (non-hydrogen) atoms. The van der Waals surface area contributed by atoms with Crippen LogP contribution in [0.1, 0.15) is 42.6 Å². The molecule has 2 atom stereocenters. The van der Waals surface area contributed by atoms with Crippen LogP contribution in [-0.4, -0.2) is 62.8 Å². The van der Waals surface area contributed by atoms with Gasteiger partial charge >= 0.3 is 0 Å². The summed E-state index contributed by atoms with van der Waals surface area (Å²) in [6.45, 7) is 7.76. The summed E-state index contributed by atoms with van der Waals surface area (Å²) >= 11 is 0. The van der Waals surface area contributed by atoms with E-state index in [2.05, 4.69) is 10.00 Å². The number of piperidine rings is 1. The Morgan fingerprint density at radius 1 is 1.17 bits per heavy atom. The van der Waals surface area contributed by atoms with Crippen LogP contribution in [0.5, 0.6) is 0 Å². The number of aromatic nitrogens is 2. The first kappa shape index (κ1) is 20.1. The first-order valence-corrected chi connectivity index (χ1v) is 10.8. The van der Waals surface area contributed by atoms with E-state index in [0.29, 0.717) is 32.5 Å². The Labute approximate surface area is 173 Å². The fourth-order valence-corrected chi connectivity index (χ4v) is 4.94. The number of carbonyl (C=O) groups excluding carboxylic acids is 1. The van der Waals surface area contributed by atoms with Gasteiger partial charge in [0.15, 0.2) is 0 Å². The van der Waals surface area contributed by atoms with Crippen LogP contribution < -0.4 is 0 Å². The lowest BCUT2D eigenvalue weighted by Crippen LogP contribution is -2.61. The molecule has 156 valence electrons. The van der Waals surface area contributed by atoms with Crippen molar-refractivity contribution in [2.75, 3.05) is 26.2 Å². The first-order chi connectivity index (χ1) is 14.0. The molecule has 0 spiro atoms. The lowest BCUT2D eigenvalue weighted by molar-refractivity contribution is -0.143. The fraction of sp³-hybridized carbons (Fsp3) is 0.565. The van der Waals surface area contributed by atoms with E-state index in [1.165, 1.54) is 0 Å². The second kappa shape index (κ2) is 8.28. The number of hydrogen-bond acceptors (Lipinski definition) is 4. The van der Waals surface area contributed by atoms with E-state index >= 15 is 0 Å². The molecule has 3 heterocycles. The Morgan fingerprint density at radius 3 is 2.55 bits per heavy atom. The van der Waals surface area contributed by atoms with Gasteiger partial charge < -0.3 is 10.0 Å². The number of amides is 1. The topological polar surface area (TPSA) is 61.6 Å². The van der Waals surface area contributed by atoms with Gasteiger partial charge in [0.05, 0.1) is 11.7 Å². The quantitative estimate of drug-likeness (QED) is 0.843. The highest BCUT2D eigenvalue weighted by atomic mass is 16.3. The van der Waals surface area contributed by atoms with Crippen LogP contribution >= 0.6 is 0 Å². The third-order valence-corrected chi connectivity index (χ3v) is 6.56. The van der Waals surface area contributed by atoms with Gasteiger partial charge in [-0.2, -0.15) is 5.10 Å². The summed E-state index contributed by atoms with van der Waals surface area (Å²) in [6.07, 6.45) is 3.34. The van der Waals surface area contributed by atoms with Crippen LogP contribution in [0, 0.1) is 13.8 Å². The smallest absolute Gasteiger partial charge is 0.224 e. The molecule has 2 aromatic rings. The van der Waals surface area contributed by atoms with Crippen LogP contribution in [0.2, 0.25) is 0 Å². The molecule has 0 unspecified atom stereocenters. The molecular formula is C23H32N4O2. The number of hydrogen-bond donors (Lipinski definition) is 1. The Bertz CT molecular complexity index is 844. The molecule has 2 aliphatic rings. The second-order valence-corrected chi connectivity index (χ2v) is 8.54. The average molecular weight is 397 g/mol. The van der Waals surface area contributed by atoms with Gasteiger partial charge in [0, 0.05) is 31.7 Å². The SMILES string of the molecule is Cc1cc(C)n(CCC(=O)N2CC[C@](O)(c3ccccc3)[C@H](N3CCCC3)C2)n1. The molecule has 4 rings (SSSR count). The molecule has 2 aliphatic heterocycles. The maximum absolute atomic E-state index is 13.0. The van der Waals surface area contributed by atoms with Crippen LogP contribution in [0.25, 0.3) is 0 Å². The van der Waals surface area contributed by atoms with Crippen molar-refractivity contribution in [3.63, 3.8) is 0 Å². The zero-order chi connectivity index (χ0) is 20.4. The van der Waals surface area contributed by atoms with E-state index in [9.17, 15) is 9.90 Å². The number of nitrogens with zero attached hydrogens (tertiary/aromatic N) is 4. The van der Waals surface area contributed by atoms with Crippen LogP contribution in [0.15, 0.2) is 36.4 Å². The molecule has 0 radical (unpaired) electrons. The molecule has 1 aromatic heterocycles. The molecule has 1 N–H and O–H groups in total.